The van der Waals surface area contributed by atoms with Crippen molar-refractivity contribution >= 4 is 11.7 Å². The summed E-state index contributed by atoms with van der Waals surface area (Å²) < 4.78 is 6.77. The van der Waals surface area contributed by atoms with Crippen LogP contribution in [0.4, 0.5) is 0 Å². The summed E-state index contributed by atoms with van der Waals surface area (Å²) in [6, 6.07) is 0. The zero-order valence-electron chi connectivity index (χ0n) is 9.09. The smallest absolute Gasteiger partial charge is 0.341 e. The summed E-state index contributed by atoms with van der Waals surface area (Å²) in [5.74, 6) is 0.238. The van der Waals surface area contributed by atoms with Crippen molar-refractivity contribution in [1.82, 2.24) is 14.4 Å². The van der Waals surface area contributed by atoms with E-state index >= 15 is 0 Å². The molecule has 0 aromatic carbocycles. The molecule has 0 aliphatic rings. The number of unbranched alkanes of at least 4 members (excludes halogenated alkanes) is 1. The standard InChI is InChI=1S/C11H13N3O2/c1-2-3-6-16-10(15)9-7-13-11-12-4-5-14(11)8-9/h4-5,7-8H,2-3,6H2,1H3. The number of imidazole rings is 1. The molecule has 0 saturated heterocycles. The van der Waals surface area contributed by atoms with Gasteiger partial charge in [0, 0.05) is 24.8 Å². The molecule has 2 aromatic rings. The summed E-state index contributed by atoms with van der Waals surface area (Å²) >= 11 is 0. The normalized spacial score (nSPS) is 10.6. The number of esters is 1. The number of hydrogen-bond donors (Lipinski definition) is 0. The fraction of sp³-hybridized carbons (Fsp3) is 0.364. The lowest BCUT2D eigenvalue weighted by Gasteiger charge is -2.03. The minimum absolute atomic E-state index is 0.337. The topological polar surface area (TPSA) is 56.5 Å². The van der Waals surface area contributed by atoms with Crippen LogP contribution in [0.3, 0.4) is 0 Å². The monoisotopic (exact) mass is 219 g/mol. The van der Waals surface area contributed by atoms with Crippen LogP contribution >= 0.6 is 0 Å². The van der Waals surface area contributed by atoms with Crippen LogP contribution in [-0.2, 0) is 4.74 Å². The molecule has 16 heavy (non-hydrogen) atoms. The highest BCUT2D eigenvalue weighted by atomic mass is 16.5. The minimum atomic E-state index is -0.337. The molecule has 0 N–H and O–H groups in total. The maximum atomic E-state index is 11.6. The Morgan fingerprint density at radius 3 is 3.19 bits per heavy atom. The van der Waals surface area contributed by atoms with Crippen LogP contribution in [-0.4, -0.2) is 26.9 Å². The highest BCUT2D eigenvalue weighted by molar-refractivity contribution is 5.88. The third-order valence-electron chi connectivity index (χ3n) is 2.21. The molecule has 0 fully saturated rings. The third-order valence-corrected chi connectivity index (χ3v) is 2.21. The first kappa shape index (κ1) is 10.6. The van der Waals surface area contributed by atoms with Crippen molar-refractivity contribution in [3.8, 4) is 0 Å². The number of ether oxygens (including phenoxy) is 1. The Morgan fingerprint density at radius 1 is 1.50 bits per heavy atom. The lowest BCUT2D eigenvalue weighted by Crippen LogP contribution is -2.08. The van der Waals surface area contributed by atoms with Gasteiger partial charge in [0.1, 0.15) is 0 Å². The molecule has 5 heteroatoms. The van der Waals surface area contributed by atoms with Crippen molar-refractivity contribution in [3.63, 3.8) is 0 Å². The molecule has 2 heterocycles. The predicted octanol–water partition coefficient (Wildman–Crippen LogP) is 1.69. The Bertz CT molecular complexity index is 493. The first-order valence-corrected chi connectivity index (χ1v) is 5.27. The molecule has 0 atom stereocenters. The Hall–Kier alpha value is -1.91. The molecule has 2 aromatic heterocycles. The van der Waals surface area contributed by atoms with Crippen molar-refractivity contribution in [2.75, 3.05) is 6.61 Å². The van der Waals surface area contributed by atoms with Crippen molar-refractivity contribution < 1.29 is 9.53 Å². The van der Waals surface area contributed by atoms with Crippen molar-refractivity contribution in [1.29, 1.82) is 0 Å². The van der Waals surface area contributed by atoms with E-state index in [9.17, 15) is 4.79 Å². The molecule has 0 spiro atoms. The van der Waals surface area contributed by atoms with Gasteiger partial charge in [0.05, 0.1) is 12.2 Å². The maximum absolute atomic E-state index is 11.6. The average Bonchev–Trinajstić information content (AvgIpc) is 2.76. The molecule has 0 radical (unpaired) electrons. The summed E-state index contributed by atoms with van der Waals surface area (Å²) in [5.41, 5.74) is 0.446. The van der Waals surface area contributed by atoms with Gasteiger partial charge in [-0.05, 0) is 6.42 Å². The van der Waals surface area contributed by atoms with Gasteiger partial charge >= 0.3 is 5.97 Å². The lowest BCUT2D eigenvalue weighted by molar-refractivity contribution is 0.0498. The van der Waals surface area contributed by atoms with Gasteiger partial charge in [0.2, 0.25) is 5.78 Å². The van der Waals surface area contributed by atoms with Gasteiger partial charge in [-0.2, -0.15) is 0 Å². The van der Waals surface area contributed by atoms with Crippen LogP contribution in [0.25, 0.3) is 5.78 Å². The summed E-state index contributed by atoms with van der Waals surface area (Å²) in [4.78, 5) is 19.6. The Morgan fingerprint density at radius 2 is 2.38 bits per heavy atom. The van der Waals surface area contributed by atoms with Gasteiger partial charge in [0.15, 0.2) is 0 Å². The van der Waals surface area contributed by atoms with Crippen molar-refractivity contribution in [3.05, 3.63) is 30.4 Å². The number of carbonyl (C=O) groups is 1. The van der Waals surface area contributed by atoms with Gasteiger partial charge in [0.25, 0.3) is 0 Å². The van der Waals surface area contributed by atoms with Crippen LogP contribution in [0.15, 0.2) is 24.8 Å². The van der Waals surface area contributed by atoms with Crippen LogP contribution in [0.5, 0.6) is 0 Å². The van der Waals surface area contributed by atoms with E-state index in [0.717, 1.165) is 12.8 Å². The molecule has 5 nitrogen and oxygen atoms in total. The Labute approximate surface area is 93.1 Å². The van der Waals surface area contributed by atoms with E-state index in [1.165, 1.54) is 6.20 Å². The number of carbonyl (C=O) groups excluding carboxylic acids is 1. The highest BCUT2D eigenvalue weighted by Gasteiger charge is 2.08. The molecular formula is C11H13N3O2. The third kappa shape index (κ3) is 2.18. The van der Waals surface area contributed by atoms with Gasteiger partial charge in [-0.3, -0.25) is 4.40 Å². The SMILES string of the molecule is CCCCOC(=O)c1cnc2nccn2c1. The zero-order chi connectivity index (χ0) is 11.4. The van der Waals surface area contributed by atoms with Crippen LogP contribution < -0.4 is 0 Å². The Balaban J connectivity index is 2.10. The van der Waals surface area contributed by atoms with Gasteiger partial charge in [-0.1, -0.05) is 13.3 Å². The zero-order valence-corrected chi connectivity index (χ0v) is 9.09. The van der Waals surface area contributed by atoms with E-state index in [2.05, 4.69) is 9.97 Å². The first-order valence-electron chi connectivity index (χ1n) is 5.27. The fourth-order valence-corrected chi connectivity index (χ4v) is 1.31. The maximum Gasteiger partial charge on any atom is 0.341 e. The summed E-state index contributed by atoms with van der Waals surface area (Å²) in [6.45, 7) is 2.50. The van der Waals surface area contributed by atoms with E-state index in [1.54, 1.807) is 23.0 Å². The van der Waals surface area contributed by atoms with Gasteiger partial charge in [-0.25, -0.2) is 14.8 Å². The summed E-state index contributed by atoms with van der Waals surface area (Å²) in [5, 5.41) is 0. The van der Waals surface area contributed by atoms with E-state index in [4.69, 9.17) is 4.74 Å². The average molecular weight is 219 g/mol. The second kappa shape index (κ2) is 4.74. The first-order chi connectivity index (χ1) is 7.81. The van der Waals surface area contributed by atoms with E-state index in [-0.39, 0.29) is 5.97 Å². The van der Waals surface area contributed by atoms with E-state index < -0.39 is 0 Å². The second-order valence-corrected chi connectivity index (χ2v) is 3.47. The number of rotatable bonds is 4. The van der Waals surface area contributed by atoms with Gasteiger partial charge in [-0.15, -0.1) is 0 Å². The summed E-state index contributed by atoms with van der Waals surface area (Å²) in [7, 11) is 0. The van der Waals surface area contributed by atoms with Gasteiger partial charge < -0.3 is 4.74 Å². The molecule has 0 amide bonds. The molecule has 0 saturated carbocycles. The molecule has 0 bridgehead atoms. The van der Waals surface area contributed by atoms with Crippen molar-refractivity contribution in [2.45, 2.75) is 19.8 Å². The second-order valence-electron chi connectivity index (χ2n) is 3.47. The quantitative estimate of drug-likeness (QED) is 0.580. The fourth-order valence-electron chi connectivity index (χ4n) is 1.31. The van der Waals surface area contributed by atoms with Crippen LogP contribution in [0, 0.1) is 0 Å². The molecule has 2 rings (SSSR count). The molecular weight excluding hydrogens is 206 g/mol. The highest BCUT2D eigenvalue weighted by Crippen LogP contribution is 2.03. The van der Waals surface area contributed by atoms with Crippen molar-refractivity contribution in [2.24, 2.45) is 0 Å². The Kier molecular flexibility index (Phi) is 3.14. The number of hydrogen-bond acceptors (Lipinski definition) is 4. The molecule has 0 aliphatic carbocycles. The molecule has 0 aliphatic heterocycles. The van der Waals surface area contributed by atoms with E-state index in [1.807, 2.05) is 6.92 Å². The number of aromatic nitrogens is 3. The predicted molar refractivity (Wildman–Crippen MR) is 58.2 cm³/mol. The number of fused-ring (bicyclic) bond motifs is 1. The van der Waals surface area contributed by atoms with E-state index in [0.29, 0.717) is 17.9 Å². The minimum Gasteiger partial charge on any atom is -0.462 e. The van der Waals surface area contributed by atoms with Crippen LogP contribution in [0.2, 0.25) is 0 Å². The largest absolute Gasteiger partial charge is 0.462 e. The molecule has 84 valence electrons. The number of nitrogens with zero attached hydrogens (tertiary/aromatic N) is 3. The lowest BCUT2D eigenvalue weighted by atomic mass is 10.3. The summed E-state index contributed by atoms with van der Waals surface area (Å²) in [6.07, 6.45) is 8.42. The van der Waals surface area contributed by atoms with Crippen LogP contribution in [0.1, 0.15) is 30.1 Å². The molecule has 0 unspecified atom stereocenters.